The van der Waals surface area contributed by atoms with Gasteiger partial charge in [0.1, 0.15) is 0 Å². The number of aromatic nitrogens is 1. The fourth-order valence-electron chi connectivity index (χ4n) is 4.15. The number of hydrogen-bond donors (Lipinski definition) is 2. The van der Waals surface area contributed by atoms with Gasteiger partial charge in [-0.1, -0.05) is 55.0 Å². The number of likely N-dealkylation sites (tertiary alicyclic amines) is 1. The first-order valence-corrected chi connectivity index (χ1v) is 11.5. The number of rotatable bonds is 7. The van der Waals surface area contributed by atoms with Crippen LogP contribution in [0.2, 0.25) is 0 Å². The van der Waals surface area contributed by atoms with Crippen LogP contribution in [0.5, 0.6) is 0 Å². The van der Waals surface area contributed by atoms with Gasteiger partial charge in [-0.15, -0.1) is 0 Å². The minimum atomic E-state index is -1.26. The van der Waals surface area contributed by atoms with Gasteiger partial charge < -0.3 is 19.7 Å². The van der Waals surface area contributed by atoms with Crippen molar-refractivity contribution in [3.63, 3.8) is 0 Å². The summed E-state index contributed by atoms with van der Waals surface area (Å²) in [6, 6.07) is 18.3. The molecule has 2 N–H and O–H groups in total. The molecule has 0 bridgehead atoms. The van der Waals surface area contributed by atoms with Crippen LogP contribution in [0, 0.1) is 0 Å². The second-order valence-electron chi connectivity index (χ2n) is 8.22. The summed E-state index contributed by atoms with van der Waals surface area (Å²) < 4.78 is 1.91. The van der Waals surface area contributed by atoms with Gasteiger partial charge in [0.15, 0.2) is 0 Å². The van der Waals surface area contributed by atoms with Gasteiger partial charge in [-0.3, -0.25) is 4.79 Å². The zero-order valence-electron chi connectivity index (χ0n) is 19.1. The molecule has 2 aromatic carbocycles. The number of piperidine rings is 1. The molecular formula is C27H30N2O5. The average molecular weight is 463 g/mol. The normalized spacial score (nSPS) is 14.0. The number of aliphatic carboxylic acids is 2. The highest BCUT2D eigenvalue weighted by atomic mass is 16.4. The third-order valence-corrected chi connectivity index (χ3v) is 5.77. The Hall–Kier alpha value is -3.71. The Morgan fingerprint density at radius 1 is 0.794 bits per heavy atom. The van der Waals surface area contributed by atoms with Crippen molar-refractivity contribution in [2.24, 2.45) is 0 Å². The number of carbonyl (C=O) groups is 2. The van der Waals surface area contributed by atoms with Crippen molar-refractivity contribution < 1.29 is 19.8 Å². The van der Waals surface area contributed by atoms with E-state index in [0.717, 1.165) is 41.4 Å². The van der Waals surface area contributed by atoms with Crippen LogP contribution in [0.1, 0.15) is 25.7 Å². The molecular weight excluding hydrogens is 432 g/mol. The Bertz CT molecular complexity index is 1180. The van der Waals surface area contributed by atoms with Crippen LogP contribution in [-0.2, 0) is 16.1 Å². The lowest BCUT2D eigenvalue weighted by Crippen LogP contribution is -2.31. The van der Waals surface area contributed by atoms with Crippen molar-refractivity contribution in [1.82, 2.24) is 9.47 Å². The number of pyridine rings is 1. The van der Waals surface area contributed by atoms with E-state index in [9.17, 15) is 14.4 Å². The zero-order chi connectivity index (χ0) is 24.3. The van der Waals surface area contributed by atoms with Crippen molar-refractivity contribution in [3.8, 4) is 11.1 Å². The van der Waals surface area contributed by atoms with Crippen LogP contribution in [0.3, 0.4) is 0 Å². The fraction of sp³-hybridized carbons (Fsp3) is 0.296. The predicted molar refractivity (Wildman–Crippen MR) is 133 cm³/mol. The minimum absolute atomic E-state index is 0.124. The van der Waals surface area contributed by atoms with Gasteiger partial charge in [-0.2, -0.15) is 0 Å². The molecule has 0 saturated carbocycles. The van der Waals surface area contributed by atoms with Gasteiger partial charge in [-0.25, -0.2) is 9.59 Å². The van der Waals surface area contributed by atoms with Crippen molar-refractivity contribution in [3.05, 3.63) is 83.3 Å². The van der Waals surface area contributed by atoms with Crippen molar-refractivity contribution >= 4 is 22.7 Å². The number of hydrogen-bond acceptors (Lipinski definition) is 4. The van der Waals surface area contributed by atoms with Gasteiger partial charge in [0.25, 0.3) is 5.56 Å². The maximum atomic E-state index is 12.9. The highest BCUT2D eigenvalue weighted by molar-refractivity contribution is 5.95. The summed E-state index contributed by atoms with van der Waals surface area (Å²) in [6.45, 7) is 4.28. The summed E-state index contributed by atoms with van der Waals surface area (Å²) in [7, 11) is 0. The second-order valence-corrected chi connectivity index (χ2v) is 8.22. The van der Waals surface area contributed by atoms with E-state index in [1.807, 2.05) is 28.8 Å². The van der Waals surface area contributed by atoms with Crippen molar-refractivity contribution in [2.75, 3.05) is 19.6 Å². The molecule has 1 fully saturated rings. The van der Waals surface area contributed by atoms with E-state index in [-0.39, 0.29) is 5.56 Å². The molecule has 0 atom stereocenters. The summed E-state index contributed by atoms with van der Waals surface area (Å²) in [5, 5.41) is 17.5. The fourth-order valence-corrected chi connectivity index (χ4v) is 4.15. The third-order valence-electron chi connectivity index (χ3n) is 5.77. The maximum Gasteiger partial charge on any atom is 0.328 e. The zero-order valence-corrected chi connectivity index (χ0v) is 19.1. The Kier molecular flexibility index (Phi) is 9.17. The molecule has 0 amide bonds. The van der Waals surface area contributed by atoms with Crippen molar-refractivity contribution in [2.45, 2.75) is 32.2 Å². The molecule has 1 aliphatic rings. The van der Waals surface area contributed by atoms with Crippen LogP contribution in [0.15, 0.2) is 77.7 Å². The molecule has 2 heterocycles. The van der Waals surface area contributed by atoms with Gasteiger partial charge in [0, 0.05) is 35.8 Å². The van der Waals surface area contributed by atoms with Gasteiger partial charge in [0.05, 0.1) is 0 Å². The Morgan fingerprint density at radius 3 is 2.00 bits per heavy atom. The van der Waals surface area contributed by atoms with E-state index in [4.69, 9.17) is 10.2 Å². The SMILES string of the molecule is O=C(O)/C=C\C(=O)O.O=c1c2ccccc2c(-c2ccccc2)cn1CCCN1CCCCC1. The number of fused-ring (bicyclic) bond motifs is 1. The topological polar surface area (TPSA) is 99.8 Å². The van der Waals surface area contributed by atoms with Crippen LogP contribution in [0.4, 0.5) is 0 Å². The predicted octanol–water partition coefficient (Wildman–Crippen LogP) is 4.26. The summed E-state index contributed by atoms with van der Waals surface area (Å²) in [4.78, 5) is 34.6. The number of carboxylic acids is 2. The van der Waals surface area contributed by atoms with E-state index in [1.165, 1.54) is 32.4 Å². The Morgan fingerprint density at radius 2 is 1.38 bits per heavy atom. The molecule has 0 unspecified atom stereocenters. The lowest BCUT2D eigenvalue weighted by molar-refractivity contribution is -0.134. The molecule has 3 aromatic rings. The lowest BCUT2D eigenvalue weighted by atomic mass is 10.0. The molecule has 0 radical (unpaired) electrons. The first kappa shape index (κ1) is 24.9. The second kappa shape index (κ2) is 12.5. The molecule has 4 rings (SSSR count). The average Bonchev–Trinajstić information content (AvgIpc) is 2.86. The van der Waals surface area contributed by atoms with Gasteiger partial charge in [0.2, 0.25) is 0 Å². The van der Waals surface area contributed by atoms with Crippen molar-refractivity contribution in [1.29, 1.82) is 0 Å². The molecule has 0 aliphatic carbocycles. The number of nitrogens with zero attached hydrogens (tertiary/aromatic N) is 2. The number of aryl methyl sites for hydroxylation is 1. The summed E-state index contributed by atoms with van der Waals surface area (Å²) in [5.41, 5.74) is 2.42. The molecule has 7 heteroatoms. The summed E-state index contributed by atoms with van der Waals surface area (Å²) >= 11 is 0. The van der Waals surface area contributed by atoms with Crippen LogP contribution in [0.25, 0.3) is 21.9 Å². The van der Waals surface area contributed by atoms with Crippen LogP contribution in [-0.4, -0.2) is 51.3 Å². The Balaban J connectivity index is 0.000000350. The number of carboxylic acid groups (broad SMARTS) is 2. The van der Waals surface area contributed by atoms with E-state index in [1.54, 1.807) is 0 Å². The van der Waals surface area contributed by atoms with E-state index in [0.29, 0.717) is 12.2 Å². The van der Waals surface area contributed by atoms with E-state index < -0.39 is 11.9 Å². The number of benzene rings is 2. The van der Waals surface area contributed by atoms with Gasteiger partial charge >= 0.3 is 11.9 Å². The van der Waals surface area contributed by atoms with Gasteiger partial charge in [-0.05, 0) is 55.9 Å². The standard InChI is InChI=1S/C23H26N2O.C4H4O4/c26-23-21-13-6-5-12-20(21)22(19-10-3-1-4-11-19)18-25(23)17-9-16-24-14-7-2-8-15-24;5-3(6)1-2-4(7)8/h1,3-6,10-13,18H,2,7-9,14-17H2;1-2H,(H,5,6)(H,7,8)/b;2-1-. The molecule has 34 heavy (non-hydrogen) atoms. The molecule has 1 aliphatic heterocycles. The molecule has 7 nitrogen and oxygen atoms in total. The largest absolute Gasteiger partial charge is 0.478 e. The first-order valence-electron chi connectivity index (χ1n) is 11.5. The first-order chi connectivity index (χ1) is 16.5. The Labute approximate surface area is 198 Å². The van der Waals surface area contributed by atoms with Crippen LogP contribution < -0.4 is 5.56 Å². The minimum Gasteiger partial charge on any atom is -0.478 e. The summed E-state index contributed by atoms with van der Waals surface area (Å²) in [5.74, 6) is -2.51. The monoisotopic (exact) mass is 462 g/mol. The van der Waals surface area contributed by atoms with Crippen LogP contribution >= 0.6 is 0 Å². The maximum absolute atomic E-state index is 12.9. The molecule has 178 valence electrons. The highest BCUT2D eigenvalue weighted by Gasteiger charge is 2.12. The quantitative estimate of drug-likeness (QED) is 0.509. The smallest absolute Gasteiger partial charge is 0.328 e. The molecule has 0 spiro atoms. The highest BCUT2D eigenvalue weighted by Crippen LogP contribution is 2.26. The third kappa shape index (κ3) is 7.15. The summed E-state index contributed by atoms with van der Waals surface area (Å²) in [6.07, 6.45) is 8.18. The van der Waals surface area contributed by atoms with E-state index in [2.05, 4.69) is 41.4 Å². The molecule has 1 saturated heterocycles. The van der Waals surface area contributed by atoms with E-state index >= 15 is 0 Å². The molecule has 1 aromatic heterocycles. The lowest BCUT2D eigenvalue weighted by Gasteiger charge is -2.26.